The molecule has 0 aliphatic carbocycles. The smallest absolute Gasteiger partial charge is 0.0957 e. The molecule has 0 fully saturated rings. The predicted molar refractivity (Wildman–Crippen MR) is 74.4 cm³/mol. The van der Waals surface area contributed by atoms with Crippen LogP contribution in [0.4, 0.5) is 0 Å². The van der Waals surface area contributed by atoms with E-state index in [0.29, 0.717) is 6.42 Å². The predicted octanol–water partition coefficient (Wildman–Crippen LogP) is 3.80. The van der Waals surface area contributed by atoms with E-state index in [2.05, 4.69) is 20.9 Å². The third-order valence-corrected chi connectivity index (χ3v) is 4.55. The second-order valence-corrected chi connectivity index (χ2v) is 5.85. The Hall–Kier alpha value is -0.710. The number of rotatable bonds is 3. The fourth-order valence-corrected chi connectivity index (χ4v) is 2.95. The van der Waals surface area contributed by atoms with Gasteiger partial charge in [-0.2, -0.15) is 0 Å². The van der Waals surface area contributed by atoms with E-state index >= 15 is 0 Å². The lowest BCUT2D eigenvalue weighted by atomic mass is 10.0. The number of hydrogen-bond donors (Lipinski definition) is 1. The summed E-state index contributed by atoms with van der Waals surface area (Å²) in [5.74, 6) is 0. The molecule has 0 radical (unpaired) electrons. The fourth-order valence-electron chi connectivity index (χ4n) is 1.76. The van der Waals surface area contributed by atoms with Crippen molar-refractivity contribution < 1.29 is 5.11 Å². The third kappa shape index (κ3) is 2.94. The molecule has 0 amide bonds. The highest BCUT2D eigenvalue weighted by atomic mass is 79.9. The van der Waals surface area contributed by atoms with Crippen LogP contribution in [0, 0.1) is 13.8 Å². The molecule has 17 heavy (non-hydrogen) atoms. The first-order chi connectivity index (χ1) is 8.08. The maximum Gasteiger partial charge on any atom is 0.0957 e. The van der Waals surface area contributed by atoms with Gasteiger partial charge in [-0.15, -0.1) is 11.3 Å². The molecule has 1 aromatic carbocycles. The Morgan fingerprint density at radius 2 is 2.18 bits per heavy atom. The van der Waals surface area contributed by atoms with Gasteiger partial charge >= 0.3 is 0 Å². The molecule has 90 valence electrons. The molecule has 0 saturated carbocycles. The minimum absolute atomic E-state index is 0.488. The highest BCUT2D eigenvalue weighted by Gasteiger charge is 2.14. The van der Waals surface area contributed by atoms with Crippen molar-refractivity contribution >= 4 is 27.3 Å². The molecular formula is C13H14BrNOS. The first-order valence-corrected chi connectivity index (χ1v) is 7.09. The minimum atomic E-state index is -0.488. The zero-order valence-corrected chi connectivity index (χ0v) is 12.2. The average Bonchev–Trinajstić information content (AvgIpc) is 2.68. The first kappa shape index (κ1) is 12.7. The van der Waals surface area contributed by atoms with Crippen molar-refractivity contribution in [1.82, 2.24) is 4.98 Å². The number of nitrogens with zero attached hydrogens (tertiary/aromatic N) is 1. The van der Waals surface area contributed by atoms with Gasteiger partial charge in [0.1, 0.15) is 0 Å². The monoisotopic (exact) mass is 311 g/mol. The molecular weight excluding hydrogens is 298 g/mol. The van der Waals surface area contributed by atoms with E-state index in [0.717, 1.165) is 26.3 Å². The Bertz CT molecular complexity index is 524. The lowest BCUT2D eigenvalue weighted by Gasteiger charge is -2.13. The summed E-state index contributed by atoms with van der Waals surface area (Å²) in [6, 6.07) is 5.90. The van der Waals surface area contributed by atoms with E-state index in [4.69, 9.17) is 0 Å². The standard InChI is InChI=1S/C13H14BrNOS/c1-8-7-17-13(15-8)6-12(16)10-4-3-5-11(14)9(10)2/h3-5,7,12,16H,6H2,1-2H3. The van der Waals surface area contributed by atoms with E-state index in [-0.39, 0.29) is 0 Å². The van der Waals surface area contributed by atoms with Gasteiger partial charge in [-0.3, -0.25) is 0 Å². The molecule has 2 aromatic rings. The number of aliphatic hydroxyl groups excluding tert-OH is 1. The van der Waals surface area contributed by atoms with Crippen molar-refractivity contribution in [2.24, 2.45) is 0 Å². The molecule has 1 heterocycles. The van der Waals surface area contributed by atoms with Crippen molar-refractivity contribution in [3.8, 4) is 0 Å². The quantitative estimate of drug-likeness (QED) is 0.935. The number of benzene rings is 1. The molecule has 0 bridgehead atoms. The van der Waals surface area contributed by atoms with Crippen LogP contribution in [0.25, 0.3) is 0 Å². The highest BCUT2D eigenvalue weighted by Crippen LogP contribution is 2.27. The molecule has 1 N–H and O–H groups in total. The van der Waals surface area contributed by atoms with Crippen molar-refractivity contribution in [2.45, 2.75) is 26.4 Å². The van der Waals surface area contributed by atoms with Crippen LogP contribution in [-0.2, 0) is 6.42 Å². The van der Waals surface area contributed by atoms with E-state index in [1.54, 1.807) is 11.3 Å². The first-order valence-electron chi connectivity index (χ1n) is 5.42. The second kappa shape index (κ2) is 5.29. The molecule has 2 rings (SSSR count). The van der Waals surface area contributed by atoms with Crippen LogP contribution in [-0.4, -0.2) is 10.1 Å². The molecule has 0 spiro atoms. The summed E-state index contributed by atoms with van der Waals surface area (Å²) in [6.07, 6.45) is 0.0912. The molecule has 1 aromatic heterocycles. The van der Waals surface area contributed by atoms with Crippen LogP contribution in [0.5, 0.6) is 0 Å². The van der Waals surface area contributed by atoms with Crippen molar-refractivity contribution in [3.05, 3.63) is 49.9 Å². The molecule has 1 unspecified atom stereocenters. The summed E-state index contributed by atoms with van der Waals surface area (Å²) in [6.45, 7) is 3.98. The van der Waals surface area contributed by atoms with Crippen molar-refractivity contribution in [1.29, 1.82) is 0 Å². The highest BCUT2D eigenvalue weighted by molar-refractivity contribution is 9.10. The summed E-state index contributed by atoms with van der Waals surface area (Å²) in [5, 5.41) is 13.2. The van der Waals surface area contributed by atoms with E-state index in [1.807, 2.05) is 37.4 Å². The van der Waals surface area contributed by atoms with Gasteiger partial charge in [0.15, 0.2) is 0 Å². The van der Waals surface area contributed by atoms with E-state index in [9.17, 15) is 5.11 Å². The van der Waals surface area contributed by atoms with Crippen LogP contribution >= 0.6 is 27.3 Å². The Labute approximate surface area is 113 Å². The van der Waals surface area contributed by atoms with Gasteiger partial charge in [0.05, 0.1) is 11.1 Å². The number of aromatic nitrogens is 1. The maximum absolute atomic E-state index is 10.2. The van der Waals surface area contributed by atoms with Crippen LogP contribution in [0.3, 0.4) is 0 Å². The maximum atomic E-state index is 10.2. The van der Waals surface area contributed by atoms with Gasteiger partial charge < -0.3 is 5.11 Å². The number of thiazole rings is 1. The van der Waals surface area contributed by atoms with E-state index in [1.165, 1.54) is 0 Å². The molecule has 0 aliphatic rings. The molecule has 0 saturated heterocycles. The Balaban J connectivity index is 2.20. The summed E-state index contributed by atoms with van der Waals surface area (Å²) in [5.41, 5.74) is 3.07. The van der Waals surface area contributed by atoms with Gasteiger partial charge in [0.25, 0.3) is 0 Å². The van der Waals surface area contributed by atoms with Crippen LogP contribution in [0.15, 0.2) is 28.1 Å². The lowest BCUT2D eigenvalue weighted by molar-refractivity contribution is 0.177. The summed E-state index contributed by atoms with van der Waals surface area (Å²) in [7, 11) is 0. The van der Waals surface area contributed by atoms with Gasteiger partial charge in [-0.05, 0) is 31.0 Å². The molecule has 2 nitrogen and oxygen atoms in total. The third-order valence-electron chi connectivity index (χ3n) is 2.70. The van der Waals surface area contributed by atoms with Gasteiger partial charge in [-0.1, -0.05) is 28.1 Å². The topological polar surface area (TPSA) is 33.1 Å². The summed E-state index contributed by atoms with van der Waals surface area (Å²) < 4.78 is 1.03. The van der Waals surface area contributed by atoms with Crippen molar-refractivity contribution in [2.75, 3.05) is 0 Å². The SMILES string of the molecule is Cc1csc(CC(O)c2cccc(Br)c2C)n1. The Morgan fingerprint density at radius 1 is 1.41 bits per heavy atom. The summed E-state index contributed by atoms with van der Waals surface area (Å²) >= 11 is 5.08. The zero-order valence-electron chi connectivity index (χ0n) is 9.77. The van der Waals surface area contributed by atoms with Crippen LogP contribution in [0.1, 0.15) is 27.9 Å². The zero-order chi connectivity index (χ0) is 12.4. The second-order valence-electron chi connectivity index (χ2n) is 4.06. The lowest BCUT2D eigenvalue weighted by Crippen LogP contribution is -2.04. The van der Waals surface area contributed by atoms with E-state index < -0.39 is 6.10 Å². The van der Waals surface area contributed by atoms with Crippen molar-refractivity contribution in [3.63, 3.8) is 0 Å². The summed E-state index contributed by atoms with van der Waals surface area (Å²) in [4.78, 5) is 4.38. The molecule has 4 heteroatoms. The van der Waals surface area contributed by atoms with Gasteiger partial charge in [-0.25, -0.2) is 4.98 Å². The number of hydrogen-bond acceptors (Lipinski definition) is 3. The number of aryl methyl sites for hydroxylation is 1. The number of halogens is 1. The average molecular weight is 312 g/mol. The molecule has 1 atom stereocenters. The fraction of sp³-hybridized carbons (Fsp3) is 0.308. The minimum Gasteiger partial charge on any atom is -0.388 e. The largest absolute Gasteiger partial charge is 0.388 e. The van der Waals surface area contributed by atoms with Gasteiger partial charge in [0, 0.05) is 22.0 Å². The van der Waals surface area contributed by atoms with Gasteiger partial charge in [0.2, 0.25) is 0 Å². The number of aliphatic hydroxyl groups is 1. The Kier molecular flexibility index (Phi) is 3.97. The normalized spacial score (nSPS) is 12.7. The Morgan fingerprint density at radius 3 is 2.82 bits per heavy atom. The van der Waals surface area contributed by atoms with Crippen LogP contribution in [0.2, 0.25) is 0 Å². The van der Waals surface area contributed by atoms with Crippen LogP contribution < -0.4 is 0 Å². The molecule has 0 aliphatic heterocycles.